The molecule has 7 rings (SSSR count). The first kappa shape index (κ1) is 27.0. The maximum absolute atomic E-state index is 14.0. The van der Waals surface area contributed by atoms with E-state index in [0.717, 1.165) is 48.1 Å². The number of rotatable bonds is 7. The third-order valence-electron chi connectivity index (χ3n) is 7.98. The molecule has 2 aliphatic rings. The molecule has 3 aromatic heterocycles. The number of halogens is 2. The summed E-state index contributed by atoms with van der Waals surface area (Å²) in [5.74, 6) is -2.48. The Labute approximate surface area is 244 Å². The van der Waals surface area contributed by atoms with E-state index in [1.54, 1.807) is 6.92 Å². The molecule has 0 unspecified atom stereocenters. The van der Waals surface area contributed by atoms with E-state index in [9.17, 15) is 18.7 Å². The van der Waals surface area contributed by atoms with E-state index in [0.29, 0.717) is 36.7 Å². The van der Waals surface area contributed by atoms with E-state index < -0.39 is 23.0 Å². The number of fused-ring (bicyclic) bond motifs is 3. The highest BCUT2D eigenvalue weighted by Crippen LogP contribution is 2.38. The summed E-state index contributed by atoms with van der Waals surface area (Å²) in [6.45, 7) is 3.62. The van der Waals surface area contributed by atoms with Gasteiger partial charge in [-0.25, -0.2) is 18.4 Å². The Balaban J connectivity index is 1.17. The molecular formula is C31H28F2N6O4. The van der Waals surface area contributed by atoms with Gasteiger partial charge >= 0.3 is 0 Å². The molecule has 220 valence electrons. The highest BCUT2D eigenvalue weighted by atomic mass is 19.1. The smallest absolute Gasteiger partial charge is 0.219 e. The first-order valence-electron chi connectivity index (χ1n) is 13.9. The van der Waals surface area contributed by atoms with Crippen LogP contribution in [-0.4, -0.2) is 62.5 Å². The van der Waals surface area contributed by atoms with Crippen LogP contribution in [0.25, 0.3) is 16.6 Å². The zero-order valence-electron chi connectivity index (χ0n) is 23.2. The number of carbonyl (C=O) groups excluding carboxylic acids is 1. The standard InChI is InChI=1S/C31H28F2N6O4/c1-17-10-26(43-29-21(32)5-2-6-22(29)33)35-13-25(17)39-30(34)20(12-36-39)28(40)24-11-19-23(37-24)8-7-18-4-3-9-38(27(18)19)14-31(41)15-42-16-31/h2,5-8,10-13,37,41H,3-4,9,14-16,34H2,1H3. The molecule has 5 aromatic rings. The normalized spacial score (nSPS) is 15.8. The van der Waals surface area contributed by atoms with Gasteiger partial charge in [-0.3, -0.25) is 4.79 Å². The Morgan fingerprint density at radius 2 is 1.98 bits per heavy atom. The van der Waals surface area contributed by atoms with Crippen molar-refractivity contribution >= 4 is 28.2 Å². The van der Waals surface area contributed by atoms with E-state index >= 15 is 0 Å². The Morgan fingerprint density at radius 3 is 2.70 bits per heavy atom. The summed E-state index contributed by atoms with van der Waals surface area (Å²) < 4.78 is 40.0. The van der Waals surface area contributed by atoms with Crippen LogP contribution < -0.4 is 15.4 Å². The van der Waals surface area contributed by atoms with Crippen LogP contribution in [0.5, 0.6) is 11.6 Å². The molecule has 2 aliphatic heterocycles. The number of nitrogens with zero attached hydrogens (tertiary/aromatic N) is 4. The van der Waals surface area contributed by atoms with Gasteiger partial charge in [0.05, 0.1) is 49.1 Å². The van der Waals surface area contributed by atoms with Crippen molar-refractivity contribution in [1.29, 1.82) is 0 Å². The number of aryl methyl sites for hydroxylation is 2. The maximum atomic E-state index is 14.0. The van der Waals surface area contributed by atoms with Crippen LogP contribution in [-0.2, 0) is 11.2 Å². The number of nitrogen functional groups attached to an aromatic ring is 1. The fraction of sp³-hybridized carbons (Fsp3) is 0.258. The van der Waals surface area contributed by atoms with Gasteiger partial charge in [-0.2, -0.15) is 5.10 Å². The van der Waals surface area contributed by atoms with Crippen molar-refractivity contribution in [1.82, 2.24) is 19.7 Å². The number of aromatic nitrogens is 4. The lowest BCUT2D eigenvalue weighted by Crippen LogP contribution is -2.57. The quantitative estimate of drug-likeness (QED) is 0.239. The second-order valence-corrected chi connectivity index (χ2v) is 11.1. The molecule has 0 radical (unpaired) electrons. The van der Waals surface area contributed by atoms with Crippen molar-refractivity contribution in [2.75, 3.05) is 36.9 Å². The predicted octanol–water partition coefficient (Wildman–Crippen LogP) is 4.45. The van der Waals surface area contributed by atoms with Crippen LogP contribution in [0, 0.1) is 18.6 Å². The van der Waals surface area contributed by atoms with Crippen molar-refractivity contribution in [3.8, 4) is 17.3 Å². The molecule has 4 N–H and O–H groups in total. The SMILES string of the molecule is Cc1cc(Oc2c(F)cccc2F)ncc1-n1ncc(C(=O)c2cc3c4c(ccc3[nH]2)CCCN4CC2(O)COC2)c1N. The van der Waals surface area contributed by atoms with Gasteiger partial charge in [0.15, 0.2) is 11.6 Å². The lowest BCUT2D eigenvalue weighted by molar-refractivity contribution is -0.171. The van der Waals surface area contributed by atoms with E-state index in [2.05, 4.69) is 26.0 Å². The number of aromatic amines is 1. The summed E-state index contributed by atoms with van der Waals surface area (Å²) >= 11 is 0. The van der Waals surface area contributed by atoms with E-state index in [-0.39, 0.29) is 23.0 Å². The first-order valence-corrected chi connectivity index (χ1v) is 13.9. The molecule has 0 aliphatic carbocycles. The highest BCUT2D eigenvalue weighted by Gasteiger charge is 2.39. The Morgan fingerprint density at radius 1 is 1.19 bits per heavy atom. The number of anilines is 2. The molecule has 1 saturated heterocycles. The largest absolute Gasteiger partial charge is 0.433 e. The second-order valence-electron chi connectivity index (χ2n) is 11.1. The number of pyridine rings is 1. The van der Waals surface area contributed by atoms with E-state index in [1.807, 2.05) is 12.1 Å². The molecule has 1 fully saturated rings. The lowest BCUT2D eigenvalue weighted by Gasteiger charge is -2.43. The minimum absolute atomic E-state index is 0.0142. The number of nitrogens with two attached hydrogens (primary N) is 1. The van der Waals surface area contributed by atoms with Crippen molar-refractivity contribution in [2.45, 2.75) is 25.4 Å². The first-order chi connectivity index (χ1) is 20.7. The van der Waals surface area contributed by atoms with Crippen molar-refractivity contribution < 1.29 is 28.2 Å². The molecular weight excluding hydrogens is 558 g/mol. The predicted molar refractivity (Wildman–Crippen MR) is 155 cm³/mol. The van der Waals surface area contributed by atoms with Crippen LogP contribution in [0.2, 0.25) is 0 Å². The van der Waals surface area contributed by atoms with Gasteiger partial charge in [0.2, 0.25) is 17.4 Å². The molecule has 0 amide bonds. The molecule has 0 saturated carbocycles. The summed E-state index contributed by atoms with van der Waals surface area (Å²) in [7, 11) is 0. The molecule has 10 nitrogen and oxygen atoms in total. The summed E-state index contributed by atoms with van der Waals surface area (Å²) in [5.41, 5.74) is 10.2. The van der Waals surface area contributed by atoms with Gasteiger partial charge in [-0.15, -0.1) is 0 Å². The van der Waals surface area contributed by atoms with E-state index in [1.165, 1.54) is 34.8 Å². The van der Waals surface area contributed by atoms with Crippen LogP contribution in [0.15, 0.2) is 54.9 Å². The number of carbonyl (C=O) groups is 1. The fourth-order valence-corrected chi connectivity index (χ4v) is 5.80. The van der Waals surface area contributed by atoms with Gasteiger partial charge in [-0.1, -0.05) is 12.1 Å². The zero-order chi connectivity index (χ0) is 29.9. The molecule has 5 heterocycles. The number of nitrogens with one attached hydrogen (secondary N) is 1. The number of benzene rings is 2. The number of hydrogen-bond donors (Lipinski definition) is 3. The molecule has 12 heteroatoms. The minimum Gasteiger partial charge on any atom is -0.433 e. The number of ether oxygens (including phenoxy) is 2. The van der Waals surface area contributed by atoms with Crippen molar-refractivity contribution in [2.24, 2.45) is 0 Å². The Hall–Kier alpha value is -4.81. The molecule has 2 aromatic carbocycles. The molecule has 0 spiro atoms. The molecule has 0 atom stereocenters. The minimum atomic E-state index is -0.875. The summed E-state index contributed by atoms with van der Waals surface area (Å²) in [4.78, 5) is 23.3. The van der Waals surface area contributed by atoms with E-state index in [4.69, 9.17) is 15.2 Å². The zero-order valence-corrected chi connectivity index (χ0v) is 23.2. The van der Waals surface area contributed by atoms with Crippen LogP contribution >= 0.6 is 0 Å². The number of aliphatic hydroxyl groups is 1. The number of hydrogen-bond acceptors (Lipinski definition) is 8. The van der Waals surface area contributed by atoms with Gasteiger partial charge < -0.3 is 30.2 Å². The second kappa shape index (κ2) is 10.2. The third-order valence-corrected chi connectivity index (χ3v) is 7.98. The van der Waals surface area contributed by atoms with Gasteiger partial charge in [0, 0.05) is 29.2 Å². The van der Waals surface area contributed by atoms with Gasteiger partial charge in [0.25, 0.3) is 0 Å². The summed E-state index contributed by atoms with van der Waals surface area (Å²) in [5, 5.41) is 16.0. The average Bonchev–Trinajstić information content (AvgIpc) is 3.58. The maximum Gasteiger partial charge on any atom is 0.219 e. The topological polar surface area (TPSA) is 132 Å². The number of H-pyrrole nitrogens is 1. The summed E-state index contributed by atoms with van der Waals surface area (Å²) in [6.07, 6.45) is 4.70. The number of β-amino-alcohol motifs (C(OH)–C–C–N with tert-alkyl or cyclic N) is 1. The monoisotopic (exact) mass is 586 g/mol. The number of ketones is 1. The van der Waals surface area contributed by atoms with Crippen molar-refractivity contribution in [3.63, 3.8) is 0 Å². The molecule has 43 heavy (non-hydrogen) atoms. The number of para-hydroxylation sites is 1. The van der Waals surface area contributed by atoms with Crippen LogP contribution in [0.4, 0.5) is 20.3 Å². The van der Waals surface area contributed by atoms with Gasteiger partial charge in [-0.05, 0) is 55.2 Å². The van der Waals surface area contributed by atoms with Crippen LogP contribution in [0.1, 0.15) is 33.6 Å². The summed E-state index contributed by atoms with van der Waals surface area (Å²) in [6, 6.07) is 10.8. The fourth-order valence-electron chi connectivity index (χ4n) is 5.80. The van der Waals surface area contributed by atoms with Crippen LogP contribution in [0.3, 0.4) is 0 Å². The average molecular weight is 587 g/mol. The lowest BCUT2D eigenvalue weighted by atomic mass is 9.95. The van der Waals surface area contributed by atoms with Crippen molar-refractivity contribution in [3.05, 3.63) is 88.9 Å². The van der Waals surface area contributed by atoms with Gasteiger partial charge in [0.1, 0.15) is 11.4 Å². The Kier molecular flexibility index (Phi) is 6.40. The third kappa shape index (κ3) is 4.68. The highest BCUT2D eigenvalue weighted by molar-refractivity contribution is 6.13. The molecule has 0 bridgehead atoms. The Bertz CT molecular complexity index is 1880.